The van der Waals surface area contributed by atoms with Crippen LogP contribution in [0.5, 0.6) is 17.2 Å². The van der Waals surface area contributed by atoms with Crippen molar-refractivity contribution in [3.8, 4) is 17.2 Å². The number of hydrogen-bond acceptors (Lipinski definition) is 6. The standard InChI is InChI=1S/C19H21NO6/c1-12(18(21)20-13-8-10-14(23-2)11-9-13)26-19(22)17-15(24-3)6-5-7-16(17)25-4/h5-12H,1-4H3,(H,20,21)/t12-/m1/s1. The Labute approximate surface area is 151 Å². The van der Waals surface area contributed by atoms with Crippen molar-refractivity contribution >= 4 is 17.6 Å². The first-order chi connectivity index (χ1) is 12.5. The highest BCUT2D eigenvalue weighted by Crippen LogP contribution is 2.29. The van der Waals surface area contributed by atoms with Crippen LogP contribution in [0, 0.1) is 0 Å². The molecule has 0 aliphatic carbocycles. The third-order valence-electron chi connectivity index (χ3n) is 3.64. The van der Waals surface area contributed by atoms with Gasteiger partial charge in [-0.2, -0.15) is 0 Å². The van der Waals surface area contributed by atoms with Crippen LogP contribution in [0.2, 0.25) is 0 Å². The zero-order valence-electron chi connectivity index (χ0n) is 15.1. The lowest BCUT2D eigenvalue weighted by atomic mass is 10.1. The summed E-state index contributed by atoms with van der Waals surface area (Å²) in [6.07, 6.45) is -1.01. The van der Waals surface area contributed by atoms with Gasteiger partial charge in [0.1, 0.15) is 22.8 Å². The van der Waals surface area contributed by atoms with E-state index in [1.807, 2.05) is 0 Å². The topological polar surface area (TPSA) is 83.1 Å². The van der Waals surface area contributed by atoms with Gasteiger partial charge in [-0.05, 0) is 43.3 Å². The van der Waals surface area contributed by atoms with Crippen LogP contribution in [-0.2, 0) is 9.53 Å². The maximum absolute atomic E-state index is 12.5. The van der Waals surface area contributed by atoms with Gasteiger partial charge >= 0.3 is 5.97 Å². The highest BCUT2D eigenvalue weighted by Gasteiger charge is 2.24. The normalized spacial score (nSPS) is 11.2. The molecule has 2 aromatic carbocycles. The molecule has 0 saturated carbocycles. The average Bonchev–Trinajstić information content (AvgIpc) is 2.67. The summed E-state index contributed by atoms with van der Waals surface area (Å²) in [5.41, 5.74) is 0.690. The van der Waals surface area contributed by atoms with Crippen LogP contribution in [0.15, 0.2) is 42.5 Å². The summed E-state index contributed by atoms with van der Waals surface area (Å²) in [5.74, 6) is 0.106. The molecule has 0 aliphatic rings. The van der Waals surface area contributed by atoms with Crippen LogP contribution >= 0.6 is 0 Å². The molecule has 0 radical (unpaired) electrons. The predicted molar refractivity (Wildman–Crippen MR) is 96.0 cm³/mol. The number of rotatable bonds is 7. The van der Waals surface area contributed by atoms with Crippen LogP contribution in [0.25, 0.3) is 0 Å². The van der Waals surface area contributed by atoms with E-state index < -0.39 is 18.0 Å². The number of anilines is 1. The number of carbonyl (C=O) groups excluding carboxylic acids is 2. The van der Waals surface area contributed by atoms with Crippen LogP contribution in [0.1, 0.15) is 17.3 Å². The minimum atomic E-state index is -1.01. The first kappa shape index (κ1) is 19.1. The molecule has 2 aromatic rings. The molecule has 0 aliphatic heterocycles. The number of amides is 1. The van der Waals surface area contributed by atoms with Gasteiger partial charge in [0.2, 0.25) is 0 Å². The minimum Gasteiger partial charge on any atom is -0.497 e. The number of esters is 1. The Morgan fingerprint density at radius 1 is 0.885 bits per heavy atom. The number of hydrogen-bond donors (Lipinski definition) is 1. The summed E-state index contributed by atoms with van der Waals surface area (Å²) in [4.78, 5) is 24.7. The molecule has 1 N–H and O–H groups in total. The van der Waals surface area contributed by atoms with Gasteiger partial charge in [-0.25, -0.2) is 4.79 Å². The van der Waals surface area contributed by atoms with Crippen molar-refractivity contribution in [2.45, 2.75) is 13.0 Å². The Balaban J connectivity index is 2.07. The zero-order valence-corrected chi connectivity index (χ0v) is 15.1. The van der Waals surface area contributed by atoms with Crippen molar-refractivity contribution in [1.29, 1.82) is 0 Å². The van der Waals surface area contributed by atoms with Gasteiger partial charge in [-0.15, -0.1) is 0 Å². The van der Waals surface area contributed by atoms with E-state index >= 15 is 0 Å². The summed E-state index contributed by atoms with van der Waals surface area (Å²) < 4.78 is 20.7. The Bertz CT molecular complexity index is 750. The lowest BCUT2D eigenvalue weighted by Gasteiger charge is -2.16. The number of ether oxygens (including phenoxy) is 4. The largest absolute Gasteiger partial charge is 0.497 e. The molecule has 0 heterocycles. The van der Waals surface area contributed by atoms with Crippen LogP contribution in [0.3, 0.4) is 0 Å². The molecule has 0 bridgehead atoms. The Hall–Kier alpha value is -3.22. The second-order valence-corrected chi connectivity index (χ2v) is 5.30. The summed E-state index contributed by atoms with van der Waals surface area (Å²) in [5, 5.41) is 2.67. The van der Waals surface area contributed by atoms with Crippen LogP contribution < -0.4 is 19.5 Å². The lowest BCUT2D eigenvalue weighted by molar-refractivity contribution is -0.123. The fourth-order valence-electron chi connectivity index (χ4n) is 2.24. The van der Waals surface area contributed by atoms with Crippen LogP contribution in [0.4, 0.5) is 5.69 Å². The molecule has 0 unspecified atom stereocenters. The molecule has 7 nitrogen and oxygen atoms in total. The summed E-state index contributed by atoms with van der Waals surface area (Å²) in [7, 11) is 4.43. The molecule has 0 spiro atoms. The Kier molecular flexibility index (Phi) is 6.43. The van der Waals surface area contributed by atoms with E-state index in [-0.39, 0.29) is 5.56 Å². The molecule has 0 fully saturated rings. The summed E-state index contributed by atoms with van der Waals surface area (Å²) in [6.45, 7) is 1.48. The number of nitrogens with one attached hydrogen (secondary N) is 1. The molecular weight excluding hydrogens is 338 g/mol. The van der Waals surface area contributed by atoms with E-state index in [2.05, 4.69) is 5.32 Å². The molecule has 1 atom stereocenters. The molecule has 1 amide bonds. The second kappa shape index (κ2) is 8.75. The third-order valence-corrected chi connectivity index (χ3v) is 3.64. The van der Waals surface area contributed by atoms with Gasteiger partial charge in [0, 0.05) is 5.69 Å². The SMILES string of the molecule is COc1ccc(NC(=O)[C@@H](C)OC(=O)c2c(OC)cccc2OC)cc1. The summed E-state index contributed by atoms with van der Waals surface area (Å²) >= 11 is 0. The average molecular weight is 359 g/mol. The fourth-order valence-corrected chi connectivity index (χ4v) is 2.24. The lowest BCUT2D eigenvalue weighted by Crippen LogP contribution is -2.30. The van der Waals surface area contributed by atoms with Gasteiger partial charge in [0.15, 0.2) is 6.10 Å². The molecule has 7 heteroatoms. The van der Waals surface area contributed by atoms with Crippen molar-refractivity contribution in [1.82, 2.24) is 0 Å². The van der Waals surface area contributed by atoms with Gasteiger partial charge in [0.25, 0.3) is 5.91 Å². The van der Waals surface area contributed by atoms with Crippen molar-refractivity contribution < 1.29 is 28.5 Å². The quantitative estimate of drug-likeness (QED) is 0.766. The first-order valence-electron chi connectivity index (χ1n) is 7.87. The molecule has 0 saturated heterocycles. The van der Waals surface area contributed by atoms with Crippen molar-refractivity contribution in [3.05, 3.63) is 48.0 Å². The van der Waals surface area contributed by atoms with E-state index in [1.165, 1.54) is 21.1 Å². The zero-order chi connectivity index (χ0) is 19.1. The Morgan fingerprint density at radius 3 is 1.96 bits per heavy atom. The van der Waals surface area contributed by atoms with Gasteiger partial charge in [0.05, 0.1) is 21.3 Å². The van der Waals surface area contributed by atoms with E-state index in [0.29, 0.717) is 22.9 Å². The summed E-state index contributed by atoms with van der Waals surface area (Å²) in [6, 6.07) is 11.7. The van der Waals surface area contributed by atoms with E-state index in [4.69, 9.17) is 18.9 Å². The van der Waals surface area contributed by atoms with Crippen molar-refractivity contribution in [3.63, 3.8) is 0 Å². The fraction of sp³-hybridized carbons (Fsp3) is 0.263. The number of benzene rings is 2. The van der Waals surface area contributed by atoms with E-state index in [1.54, 1.807) is 49.6 Å². The molecular formula is C19H21NO6. The van der Waals surface area contributed by atoms with Crippen molar-refractivity contribution in [2.75, 3.05) is 26.6 Å². The highest BCUT2D eigenvalue weighted by molar-refractivity contribution is 5.99. The number of methoxy groups -OCH3 is 3. The van der Waals surface area contributed by atoms with Crippen LogP contribution in [-0.4, -0.2) is 39.3 Å². The number of carbonyl (C=O) groups is 2. The van der Waals surface area contributed by atoms with Gasteiger partial charge in [-0.3, -0.25) is 4.79 Å². The van der Waals surface area contributed by atoms with E-state index in [9.17, 15) is 9.59 Å². The first-order valence-corrected chi connectivity index (χ1v) is 7.87. The maximum atomic E-state index is 12.5. The predicted octanol–water partition coefficient (Wildman–Crippen LogP) is 2.90. The minimum absolute atomic E-state index is 0.126. The third kappa shape index (κ3) is 4.44. The van der Waals surface area contributed by atoms with Gasteiger partial charge in [-0.1, -0.05) is 6.07 Å². The second-order valence-electron chi connectivity index (χ2n) is 5.30. The highest BCUT2D eigenvalue weighted by atomic mass is 16.6. The molecule has 2 rings (SSSR count). The van der Waals surface area contributed by atoms with Gasteiger partial charge < -0.3 is 24.3 Å². The molecule has 0 aromatic heterocycles. The smallest absolute Gasteiger partial charge is 0.346 e. The van der Waals surface area contributed by atoms with Crippen molar-refractivity contribution in [2.24, 2.45) is 0 Å². The Morgan fingerprint density at radius 2 is 1.46 bits per heavy atom. The molecule has 138 valence electrons. The molecule has 26 heavy (non-hydrogen) atoms. The monoisotopic (exact) mass is 359 g/mol. The van der Waals surface area contributed by atoms with E-state index in [0.717, 1.165) is 0 Å². The maximum Gasteiger partial charge on any atom is 0.346 e.